The number of benzene rings is 1. The van der Waals surface area contributed by atoms with Gasteiger partial charge in [0.2, 0.25) is 0 Å². The molecule has 19 heavy (non-hydrogen) atoms. The molecule has 0 radical (unpaired) electrons. The molecule has 1 unspecified atom stereocenters. The van der Waals surface area contributed by atoms with Crippen LogP contribution >= 0.6 is 0 Å². The van der Waals surface area contributed by atoms with Crippen LogP contribution in [-0.4, -0.2) is 54.5 Å². The fourth-order valence-electron chi connectivity index (χ4n) is 2.21. The molecule has 0 aromatic heterocycles. The second-order valence-electron chi connectivity index (χ2n) is 4.32. The summed E-state index contributed by atoms with van der Waals surface area (Å²) in [5.41, 5.74) is 0.587. The molecule has 1 aromatic carbocycles. The lowest BCUT2D eigenvalue weighted by Crippen LogP contribution is -2.42. The summed E-state index contributed by atoms with van der Waals surface area (Å²) in [5, 5.41) is 19.0. The molecule has 6 nitrogen and oxygen atoms in total. The largest absolute Gasteiger partial charge is 0.504 e. The maximum atomic E-state index is 11.5. The number of morpholine rings is 1. The van der Waals surface area contributed by atoms with Gasteiger partial charge in [-0.25, -0.2) is 0 Å². The van der Waals surface area contributed by atoms with E-state index in [2.05, 4.69) is 0 Å². The Morgan fingerprint density at radius 1 is 1.42 bits per heavy atom. The summed E-state index contributed by atoms with van der Waals surface area (Å²) in [6.07, 6.45) is 0. The minimum absolute atomic E-state index is 0.00244. The van der Waals surface area contributed by atoms with Crippen LogP contribution in [0.4, 0.5) is 0 Å². The van der Waals surface area contributed by atoms with Crippen LogP contribution in [-0.2, 0) is 9.53 Å². The van der Waals surface area contributed by atoms with E-state index in [4.69, 9.17) is 9.47 Å². The first-order chi connectivity index (χ1) is 9.13. The number of hydrogen-bond acceptors (Lipinski definition) is 5. The Kier molecular flexibility index (Phi) is 4.24. The number of nitrogens with zero attached hydrogens (tertiary/aromatic N) is 1. The number of aromatic hydroxyl groups is 1. The first-order valence-corrected chi connectivity index (χ1v) is 6.05. The van der Waals surface area contributed by atoms with Crippen LogP contribution in [0.1, 0.15) is 11.6 Å². The highest BCUT2D eigenvalue weighted by Crippen LogP contribution is 2.31. The van der Waals surface area contributed by atoms with E-state index in [1.165, 1.54) is 13.2 Å². The number of carboxylic acids is 1. The lowest BCUT2D eigenvalue weighted by atomic mass is 10.0. The third kappa shape index (κ3) is 2.97. The minimum Gasteiger partial charge on any atom is -0.504 e. The second-order valence-corrected chi connectivity index (χ2v) is 4.32. The van der Waals surface area contributed by atoms with Crippen molar-refractivity contribution in [3.8, 4) is 11.5 Å². The minimum atomic E-state index is -0.922. The highest BCUT2D eigenvalue weighted by atomic mass is 16.5. The van der Waals surface area contributed by atoms with Gasteiger partial charge in [0.1, 0.15) is 6.04 Å². The summed E-state index contributed by atoms with van der Waals surface area (Å²) in [7, 11) is 1.43. The molecular formula is C13H17NO5. The summed E-state index contributed by atoms with van der Waals surface area (Å²) < 4.78 is 10.2. The van der Waals surface area contributed by atoms with Gasteiger partial charge < -0.3 is 19.7 Å². The van der Waals surface area contributed by atoms with Gasteiger partial charge in [-0.1, -0.05) is 6.07 Å². The maximum absolute atomic E-state index is 11.5. The third-order valence-electron chi connectivity index (χ3n) is 3.16. The molecule has 0 aliphatic carbocycles. The maximum Gasteiger partial charge on any atom is 0.325 e. The zero-order valence-corrected chi connectivity index (χ0v) is 10.7. The Balaban J connectivity index is 2.30. The predicted octanol–water partition coefficient (Wildman–Crippen LogP) is 0.859. The monoisotopic (exact) mass is 267 g/mol. The number of rotatable bonds is 4. The SMILES string of the molecule is COc1cc(C(C(=O)O)N2CCOCC2)ccc1O. The highest BCUT2D eigenvalue weighted by molar-refractivity contribution is 5.76. The van der Waals surface area contributed by atoms with E-state index in [1.807, 2.05) is 4.90 Å². The number of phenols is 1. The van der Waals surface area contributed by atoms with Gasteiger partial charge >= 0.3 is 5.97 Å². The summed E-state index contributed by atoms with van der Waals surface area (Å²) in [5.74, 6) is -0.649. The van der Waals surface area contributed by atoms with Crippen LogP contribution in [0.3, 0.4) is 0 Å². The molecule has 0 saturated carbocycles. The fraction of sp³-hybridized carbons (Fsp3) is 0.462. The van der Waals surface area contributed by atoms with Gasteiger partial charge in [-0.3, -0.25) is 9.69 Å². The van der Waals surface area contributed by atoms with Crippen molar-refractivity contribution in [1.29, 1.82) is 0 Å². The normalized spacial score (nSPS) is 17.9. The van der Waals surface area contributed by atoms with E-state index in [-0.39, 0.29) is 11.5 Å². The molecular weight excluding hydrogens is 250 g/mol. The number of hydrogen-bond donors (Lipinski definition) is 2. The van der Waals surface area contributed by atoms with Gasteiger partial charge in [-0.05, 0) is 17.7 Å². The lowest BCUT2D eigenvalue weighted by Gasteiger charge is -2.32. The average molecular weight is 267 g/mol. The van der Waals surface area contributed by atoms with Gasteiger partial charge in [-0.15, -0.1) is 0 Å². The molecule has 1 fully saturated rings. The molecule has 2 rings (SSSR count). The number of carboxylic acid groups (broad SMARTS) is 1. The molecule has 6 heteroatoms. The number of ether oxygens (including phenoxy) is 2. The van der Waals surface area contributed by atoms with Crippen LogP contribution in [0.25, 0.3) is 0 Å². The molecule has 0 bridgehead atoms. The first kappa shape index (κ1) is 13.6. The van der Waals surface area contributed by atoms with E-state index in [1.54, 1.807) is 12.1 Å². The Labute approximate surface area is 111 Å². The highest BCUT2D eigenvalue weighted by Gasteiger charge is 2.29. The number of methoxy groups -OCH3 is 1. The van der Waals surface area contributed by atoms with E-state index >= 15 is 0 Å². The van der Waals surface area contributed by atoms with Crippen LogP contribution in [0.2, 0.25) is 0 Å². The Morgan fingerprint density at radius 3 is 2.68 bits per heavy atom. The van der Waals surface area contributed by atoms with Gasteiger partial charge in [-0.2, -0.15) is 0 Å². The summed E-state index contributed by atoms with van der Waals surface area (Å²) in [6.45, 7) is 2.19. The predicted molar refractivity (Wildman–Crippen MR) is 67.4 cm³/mol. The van der Waals surface area contributed by atoms with E-state index in [0.29, 0.717) is 31.9 Å². The van der Waals surface area contributed by atoms with Gasteiger partial charge in [0.15, 0.2) is 11.5 Å². The van der Waals surface area contributed by atoms with Crippen LogP contribution in [0.15, 0.2) is 18.2 Å². The first-order valence-electron chi connectivity index (χ1n) is 6.05. The molecule has 1 aliphatic rings. The van der Waals surface area contributed by atoms with Gasteiger partial charge in [0.05, 0.1) is 20.3 Å². The average Bonchev–Trinajstić information content (AvgIpc) is 2.41. The van der Waals surface area contributed by atoms with Crippen LogP contribution in [0.5, 0.6) is 11.5 Å². The fourth-order valence-corrected chi connectivity index (χ4v) is 2.21. The number of carbonyl (C=O) groups is 1. The Bertz CT molecular complexity index is 456. The van der Waals surface area contributed by atoms with Crippen molar-refractivity contribution in [2.75, 3.05) is 33.4 Å². The van der Waals surface area contributed by atoms with Crippen molar-refractivity contribution >= 4 is 5.97 Å². The van der Waals surface area contributed by atoms with Crippen molar-refractivity contribution < 1.29 is 24.5 Å². The molecule has 1 atom stereocenters. The van der Waals surface area contributed by atoms with Gasteiger partial charge in [0.25, 0.3) is 0 Å². The summed E-state index contributed by atoms with van der Waals surface area (Å²) >= 11 is 0. The topological polar surface area (TPSA) is 79.2 Å². The molecule has 104 valence electrons. The molecule has 2 N–H and O–H groups in total. The van der Waals surface area contributed by atoms with Gasteiger partial charge in [0, 0.05) is 13.1 Å². The Hall–Kier alpha value is -1.79. The molecule has 1 aliphatic heterocycles. The molecule has 1 saturated heterocycles. The molecule has 0 amide bonds. The summed E-state index contributed by atoms with van der Waals surface area (Å²) in [6, 6.07) is 3.86. The number of phenolic OH excluding ortho intramolecular Hbond substituents is 1. The summed E-state index contributed by atoms with van der Waals surface area (Å²) in [4.78, 5) is 13.3. The van der Waals surface area contributed by atoms with Crippen LogP contribution in [0, 0.1) is 0 Å². The van der Waals surface area contributed by atoms with Crippen molar-refractivity contribution in [1.82, 2.24) is 4.90 Å². The third-order valence-corrected chi connectivity index (χ3v) is 3.16. The molecule has 1 aromatic rings. The van der Waals surface area contributed by atoms with Crippen molar-refractivity contribution in [2.24, 2.45) is 0 Å². The lowest BCUT2D eigenvalue weighted by molar-refractivity contribution is -0.145. The number of aliphatic carboxylic acids is 1. The smallest absolute Gasteiger partial charge is 0.325 e. The van der Waals surface area contributed by atoms with Crippen molar-refractivity contribution in [3.05, 3.63) is 23.8 Å². The molecule has 0 spiro atoms. The quantitative estimate of drug-likeness (QED) is 0.842. The van der Waals surface area contributed by atoms with E-state index in [9.17, 15) is 15.0 Å². The van der Waals surface area contributed by atoms with Crippen LogP contribution < -0.4 is 4.74 Å². The zero-order valence-electron chi connectivity index (χ0n) is 10.7. The van der Waals surface area contributed by atoms with Crippen molar-refractivity contribution in [3.63, 3.8) is 0 Å². The second kappa shape index (κ2) is 5.90. The van der Waals surface area contributed by atoms with Crippen molar-refractivity contribution in [2.45, 2.75) is 6.04 Å². The molecule has 1 heterocycles. The standard InChI is InChI=1S/C13H17NO5/c1-18-11-8-9(2-3-10(11)15)12(13(16)17)14-4-6-19-7-5-14/h2-3,8,12,15H,4-7H2,1H3,(H,16,17). The Morgan fingerprint density at radius 2 is 2.11 bits per heavy atom. The van der Waals surface area contributed by atoms with E-state index < -0.39 is 12.0 Å². The zero-order chi connectivity index (χ0) is 13.8. The van der Waals surface area contributed by atoms with E-state index in [0.717, 1.165) is 0 Å².